The van der Waals surface area contributed by atoms with E-state index in [1.165, 1.54) is 5.56 Å². The van der Waals surface area contributed by atoms with Crippen LogP contribution >= 0.6 is 11.3 Å². The SMILES string of the molecule is CN(CCOc1ccccc1CN)Cc1ccsc1. The molecule has 0 radical (unpaired) electrons. The molecule has 1 heterocycles. The smallest absolute Gasteiger partial charge is 0.123 e. The van der Waals surface area contributed by atoms with Gasteiger partial charge in [0.2, 0.25) is 0 Å². The maximum atomic E-state index is 5.80. The highest BCUT2D eigenvalue weighted by molar-refractivity contribution is 7.07. The Kier molecular flexibility index (Phi) is 5.39. The molecule has 1 aromatic heterocycles. The first-order valence-corrected chi connectivity index (χ1v) is 7.34. The molecule has 0 saturated carbocycles. The predicted molar refractivity (Wildman–Crippen MR) is 80.5 cm³/mol. The Bertz CT molecular complexity index is 485. The van der Waals surface area contributed by atoms with E-state index in [0.717, 1.165) is 24.4 Å². The van der Waals surface area contributed by atoms with E-state index in [9.17, 15) is 0 Å². The molecule has 0 unspecified atom stereocenters. The molecule has 19 heavy (non-hydrogen) atoms. The summed E-state index contributed by atoms with van der Waals surface area (Å²) in [6.07, 6.45) is 0. The number of thiophene rings is 1. The van der Waals surface area contributed by atoms with Crippen LogP contribution in [0, 0.1) is 0 Å². The van der Waals surface area contributed by atoms with Gasteiger partial charge in [0, 0.05) is 25.2 Å². The molecule has 0 atom stereocenters. The quantitative estimate of drug-likeness (QED) is 0.845. The van der Waals surface area contributed by atoms with Gasteiger partial charge in [0.25, 0.3) is 0 Å². The number of likely N-dealkylation sites (N-methyl/N-ethyl adjacent to an activating group) is 1. The first kappa shape index (κ1) is 14.1. The Morgan fingerprint density at radius 2 is 2.11 bits per heavy atom. The summed E-state index contributed by atoms with van der Waals surface area (Å²) in [5, 5.41) is 4.29. The summed E-state index contributed by atoms with van der Waals surface area (Å²) in [6, 6.07) is 10.1. The summed E-state index contributed by atoms with van der Waals surface area (Å²) < 4.78 is 5.80. The summed E-state index contributed by atoms with van der Waals surface area (Å²) in [5.74, 6) is 0.897. The van der Waals surface area contributed by atoms with Crippen molar-refractivity contribution in [1.29, 1.82) is 0 Å². The van der Waals surface area contributed by atoms with Gasteiger partial charge >= 0.3 is 0 Å². The van der Waals surface area contributed by atoms with Crippen LogP contribution in [0.4, 0.5) is 0 Å². The van der Waals surface area contributed by atoms with Crippen molar-refractivity contribution in [3.8, 4) is 5.75 Å². The summed E-state index contributed by atoms with van der Waals surface area (Å²) >= 11 is 1.74. The minimum atomic E-state index is 0.515. The van der Waals surface area contributed by atoms with Crippen LogP contribution in [0.2, 0.25) is 0 Å². The van der Waals surface area contributed by atoms with Crippen LogP contribution in [0.3, 0.4) is 0 Å². The molecule has 3 nitrogen and oxygen atoms in total. The minimum Gasteiger partial charge on any atom is -0.492 e. The summed E-state index contributed by atoms with van der Waals surface area (Å²) in [6.45, 7) is 3.05. The van der Waals surface area contributed by atoms with Crippen LogP contribution in [0.25, 0.3) is 0 Å². The molecular weight excluding hydrogens is 256 g/mol. The van der Waals surface area contributed by atoms with E-state index in [0.29, 0.717) is 13.2 Å². The molecule has 0 aliphatic heterocycles. The summed E-state index contributed by atoms with van der Waals surface area (Å²) in [5.41, 5.74) is 8.10. The molecular formula is C15H20N2OS. The molecule has 0 aliphatic carbocycles. The fourth-order valence-corrected chi connectivity index (χ4v) is 2.56. The number of ether oxygens (including phenoxy) is 1. The van der Waals surface area contributed by atoms with Crippen molar-refractivity contribution in [2.24, 2.45) is 5.73 Å². The summed E-state index contributed by atoms with van der Waals surface area (Å²) in [4.78, 5) is 2.26. The van der Waals surface area contributed by atoms with Gasteiger partial charge in [0.1, 0.15) is 12.4 Å². The average Bonchev–Trinajstić information content (AvgIpc) is 2.92. The molecule has 4 heteroatoms. The Morgan fingerprint density at radius 1 is 1.26 bits per heavy atom. The van der Waals surface area contributed by atoms with E-state index >= 15 is 0 Å². The number of nitrogens with zero attached hydrogens (tertiary/aromatic N) is 1. The highest BCUT2D eigenvalue weighted by Gasteiger charge is 2.03. The average molecular weight is 276 g/mol. The van der Waals surface area contributed by atoms with Crippen molar-refractivity contribution in [2.75, 3.05) is 20.2 Å². The lowest BCUT2D eigenvalue weighted by atomic mass is 10.2. The Labute approximate surface area is 118 Å². The first-order valence-electron chi connectivity index (χ1n) is 6.40. The molecule has 2 rings (SSSR count). The maximum Gasteiger partial charge on any atom is 0.123 e. The van der Waals surface area contributed by atoms with Crippen molar-refractivity contribution < 1.29 is 4.74 Å². The van der Waals surface area contributed by atoms with E-state index in [-0.39, 0.29) is 0 Å². The van der Waals surface area contributed by atoms with Crippen molar-refractivity contribution in [3.63, 3.8) is 0 Å². The number of rotatable bonds is 7. The number of hydrogen-bond donors (Lipinski definition) is 1. The number of para-hydroxylation sites is 1. The van der Waals surface area contributed by atoms with Crippen LogP contribution in [0.5, 0.6) is 5.75 Å². The van der Waals surface area contributed by atoms with Gasteiger partial charge in [-0.05, 0) is 35.5 Å². The van der Waals surface area contributed by atoms with Gasteiger partial charge < -0.3 is 10.5 Å². The van der Waals surface area contributed by atoms with Crippen LogP contribution < -0.4 is 10.5 Å². The van der Waals surface area contributed by atoms with Crippen molar-refractivity contribution in [2.45, 2.75) is 13.1 Å². The third kappa shape index (κ3) is 4.35. The topological polar surface area (TPSA) is 38.5 Å². The van der Waals surface area contributed by atoms with Gasteiger partial charge in [-0.1, -0.05) is 18.2 Å². The molecule has 0 bridgehead atoms. The predicted octanol–water partition coefficient (Wildman–Crippen LogP) is 2.72. The molecule has 2 aromatic rings. The van der Waals surface area contributed by atoms with E-state index in [4.69, 9.17) is 10.5 Å². The Morgan fingerprint density at radius 3 is 2.84 bits per heavy atom. The molecule has 0 saturated heterocycles. The second kappa shape index (κ2) is 7.28. The molecule has 0 aliphatic rings. The zero-order valence-corrected chi connectivity index (χ0v) is 12.0. The van der Waals surface area contributed by atoms with Gasteiger partial charge in [-0.3, -0.25) is 4.90 Å². The highest BCUT2D eigenvalue weighted by Crippen LogP contribution is 2.17. The van der Waals surface area contributed by atoms with E-state index < -0.39 is 0 Å². The molecule has 2 N–H and O–H groups in total. The Balaban J connectivity index is 1.76. The third-order valence-electron chi connectivity index (χ3n) is 2.96. The van der Waals surface area contributed by atoms with Gasteiger partial charge in [-0.2, -0.15) is 11.3 Å². The monoisotopic (exact) mass is 276 g/mol. The van der Waals surface area contributed by atoms with Gasteiger partial charge in [-0.15, -0.1) is 0 Å². The lowest BCUT2D eigenvalue weighted by Gasteiger charge is -2.17. The van der Waals surface area contributed by atoms with Crippen molar-refractivity contribution in [3.05, 3.63) is 52.2 Å². The summed E-state index contributed by atoms with van der Waals surface area (Å²) in [7, 11) is 2.11. The van der Waals surface area contributed by atoms with E-state index in [2.05, 4.69) is 28.8 Å². The van der Waals surface area contributed by atoms with Crippen molar-refractivity contribution >= 4 is 11.3 Å². The lowest BCUT2D eigenvalue weighted by Crippen LogP contribution is -2.23. The van der Waals surface area contributed by atoms with Gasteiger partial charge in [-0.25, -0.2) is 0 Å². The van der Waals surface area contributed by atoms with Crippen LogP contribution in [-0.2, 0) is 13.1 Å². The minimum absolute atomic E-state index is 0.515. The first-order chi connectivity index (χ1) is 9.29. The molecule has 102 valence electrons. The van der Waals surface area contributed by atoms with E-state index in [1.54, 1.807) is 11.3 Å². The largest absolute Gasteiger partial charge is 0.492 e. The second-order valence-electron chi connectivity index (χ2n) is 4.53. The van der Waals surface area contributed by atoms with Crippen LogP contribution in [-0.4, -0.2) is 25.1 Å². The zero-order chi connectivity index (χ0) is 13.5. The molecule has 0 spiro atoms. The standard InChI is InChI=1S/C15H20N2OS/c1-17(11-13-6-9-19-12-13)7-8-18-15-5-3-2-4-14(15)10-16/h2-6,9,12H,7-8,10-11,16H2,1H3. The fraction of sp³-hybridized carbons (Fsp3) is 0.333. The lowest BCUT2D eigenvalue weighted by molar-refractivity contribution is 0.231. The Hall–Kier alpha value is -1.36. The number of hydrogen-bond acceptors (Lipinski definition) is 4. The van der Waals surface area contributed by atoms with Crippen LogP contribution in [0.1, 0.15) is 11.1 Å². The van der Waals surface area contributed by atoms with E-state index in [1.807, 2.05) is 24.3 Å². The third-order valence-corrected chi connectivity index (χ3v) is 3.69. The molecule has 0 amide bonds. The maximum absolute atomic E-state index is 5.80. The van der Waals surface area contributed by atoms with Gasteiger partial charge in [0.05, 0.1) is 0 Å². The normalized spacial score (nSPS) is 10.9. The zero-order valence-electron chi connectivity index (χ0n) is 11.2. The number of nitrogens with two attached hydrogens (primary N) is 1. The van der Waals surface area contributed by atoms with Crippen molar-refractivity contribution in [1.82, 2.24) is 4.90 Å². The molecule has 0 fully saturated rings. The van der Waals surface area contributed by atoms with Gasteiger partial charge in [0.15, 0.2) is 0 Å². The second-order valence-corrected chi connectivity index (χ2v) is 5.31. The van der Waals surface area contributed by atoms with Crippen LogP contribution in [0.15, 0.2) is 41.1 Å². The fourth-order valence-electron chi connectivity index (χ4n) is 1.90. The molecule has 1 aromatic carbocycles. The highest BCUT2D eigenvalue weighted by atomic mass is 32.1. The number of benzene rings is 1.